The first kappa shape index (κ1) is 11.6. The number of benzene rings is 1. The van der Waals surface area contributed by atoms with E-state index >= 15 is 0 Å². The number of rotatable bonds is 3. The van der Waals surface area contributed by atoms with Crippen LogP contribution in [-0.2, 0) is 6.42 Å². The maximum absolute atomic E-state index is 4.56. The molecule has 1 aromatic carbocycles. The van der Waals surface area contributed by atoms with Crippen molar-refractivity contribution in [2.24, 2.45) is 0 Å². The molecular formula is C14H17N3. The average Bonchev–Trinajstić information content (AvgIpc) is 2.38. The van der Waals surface area contributed by atoms with Gasteiger partial charge in [0.25, 0.3) is 0 Å². The zero-order valence-corrected chi connectivity index (χ0v) is 10.5. The zero-order valence-electron chi connectivity index (χ0n) is 10.5. The lowest BCUT2D eigenvalue weighted by Crippen LogP contribution is -2.00. The minimum absolute atomic E-state index is 0.842. The van der Waals surface area contributed by atoms with Gasteiger partial charge in [-0.05, 0) is 13.0 Å². The first-order chi connectivity index (χ1) is 8.22. The molecule has 0 saturated carbocycles. The lowest BCUT2D eigenvalue weighted by molar-refractivity contribution is 0.945. The lowest BCUT2D eigenvalue weighted by atomic mass is 10.1. The van der Waals surface area contributed by atoms with Crippen LogP contribution in [0.4, 0.5) is 5.82 Å². The van der Waals surface area contributed by atoms with Crippen molar-refractivity contribution in [1.29, 1.82) is 0 Å². The van der Waals surface area contributed by atoms with Gasteiger partial charge >= 0.3 is 0 Å². The first-order valence-electron chi connectivity index (χ1n) is 5.85. The molecule has 1 heterocycles. The predicted molar refractivity (Wildman–Crippen MR) is 71.1 cm³/mol. The Labute approximate surface area is 102 Å². The summed E-state index contributed by atoms with van der Waals surface area (Å²) in [6.07, 6.45) is 0.842. The van der Waals surface area contributed by atoms with Crippen molar-refractivity contribution < 1.29 is 0 Å². The molecule has 2 rings (SSSR count). The molecule has 1 aromatic heterocycles. The minimum atomic E-state index is 0.842. The Balaban J connectivity index is 2.50. The molecule has 88 valence electrons. The third-order valence-electron chi connectivity index (χ3n) is 2.66. The van der Waals surface area contributed by atoms with Crippen molar-refractivity contribution in [1.82, 2.24) is 9.97 Å². The van der Waals surface area contributed by atoms with Crippen LogP contribution in [0.25, 0.3) is 11.3 Å². The van der Waals surface area contributed by atoms with E-state index in [0.29, 0.717) is 0 Å². The molecule has 0 saturated heterocycles. The van der Waals surface area contributed by atoms with Crippen LogP contribution in [0.3, 0.4) is 0 Å². The standard InChI is InChI=1S/C14H17N3/c1-4-13-16-12(9-14(15-3)17-13)11-7-5-6-10(2)8-11/h5-9H,4H2,1-3H3,(H,15,16,17). The maximum atomic E-state index is 4.56. The molecule has 0 fully saturated rings. The number of aryl methyl sites for hydroxylation is 2. The van der Waals surface area contributed by atoms with Crippen LogP contribution in [0, 0.1) is 6.92 Å². The van der Waals surface area contributed by atoms with Gasteiger partial charge in [0.05, 0.1) is 5.69 Å². The lowest BCUT2D eigenvalue weighted by Gasteiger charge is -2.07. The van der Waals surface area contributed by atoms with Gasteiger partial charge in [0, 0.05) is 25.1 Å². The van der Waals surface area contributed by atoms with Crippen molar-refractivity contribution in [2.45, 2.75) is 20.3 Å². The fraction of sp³-hybridized carbons (Fsp3) is 0.286. The van der Waals surface area contributed by atoms with Gasteiger partial charge in [-0.1, -0.05) is 30.7 Å². The second kappa shape index (κ2) is 4.95. The van der Waals surface area contributed by atoms with Gasteiger partial charge in [-0.25, -0.2) is 9.97 Å². The zero-order chi connectivity index (χ0) is 12.3. The summed E-state index contributed by atoms with van der Waals surface area (Å²) in [5.74, 6) is 1.74. The summed E-state index contributed by atoms with van der Waals surface area (Å²) < 4.78 is 0. The van der Waals surface area contributed by atoms with E-state index in [-0.39, 0.29) is 0 Å². The molecule has 0 unspecified atom stereocenters. The van der Waals surface area contributed by atoms with Gasteiger partial charge in [-0.2, -0.15) is 0 Å². The molecule has 0 aliphatic rings. The molecule has 0 aliphatic heterocycles. The fourth-order valence-corrected chi connectivity index (χ4v) is 1.74. The third-order valence-corrected chi connectivity index (χ3v) is 2.66. The van der Waals surface area contributed by atoms with E-state index in [1.807, 2.05) is 13.1 Å². The van der Waals surface area contributed by atoms with Crippen molar-refractivity contribution in [3.05, 3.63) is 41.7 Å². The summed E-state index contributed by atoms with van der Waals surface area (Å²) in [6, 6.07) is 10.3. The number of aromatic nitrogens is 2. The Morgan fingerprint density at radius 3 is 2.65 bits per heavy atom. The van der Waals surface area contributed by atoms with E-state index in [9.17, 15) is 0 Å². The second-order valence-electron chi connectivity index (χ2n) is 4.03. The smallest absolute Gasteiger partial charge is 0.131 e. The van der Waals surface area contributed by atoms with E-state index in [1.54, 1.807) is 0 Å². The molecule has 0 atom stereocenters. The highest BCUT2D eigenvalue weighted by molar-refractivity contribution is 5.63. The Morgan fingerprint density at radius 1 is 1.18 bits per heavy atom. The predicted octanol–water partition coefficient (Wildman–Crippen LogP) is 3.06. The normalized spacial score (nSPS) is 10.3. The molecule has 17 heavy (non-hydrogen) atoms. The van der Waals surface area contributed by atoms with Crippen molar-refractivity contribution in [3.63, 3.8) is 0 Å². The van der Waals surface area contributed by atoms with Crippen molar-refractivity contribution >= 4 is 5.82 Å². The Bertz CT molecular complexity index is 498. The number of hydrogen-bond acceptors (Lipinski definition) is 3. The van der Waals surface area contributed by atoms with Gasteiger partial charge in [0.2, 0.25) is 0 Å². The van der Waals surface area contributed by atoms with Gasteiger partial charge in [0.1, 0.15) is 11.6 Å². The van der Waals surface area contributed by atoms with Crippen LogP contribution in [0.15, 0.2) is 30.3 Å². The monoisotopic (exact) mass is 227 g/mol. The molecule has 2 aromatic rings. The summed E-state index contributed by atoms with van der Waals surface area (Å²) in [5, 5.41) is 3.08. The van der Waals surface area contributed by atoms with E-state index in [1.165, 1.54) is 5.56 Å². The van der Waals surface area contributed by atoms with Gasteiger partial charge in [-0.3, -0.25) is 0 Å². The Kier molecular flexibility index (Phi) is 3.38. The van der Waals surface area contributed by atoms with Crippen LogP contribution in [0.1, 0.15) is 18.3 Å². The number of nitrogens with zero attached hydrogens (tertiary/aromatic N) is 2. The summed E-state index contributed by atoms with van der Waals surface area (Å²) in [5.41, 5.74) is 3.36. The second-order valence-corrected chi connectivity index (χ2v) is 4.03. The van der Waals surface area contributed by atoms with E-state index in [4.69, 9.17) is 0 Å². The highest BCUT2D eigenvalue weighted by atomic mass is 15.0. The van der Waals surface area contributed by atoms with E-state index < -0.39 is 0 Å². The van der Waals surface area contributed by atoms with Gasteiger partial charge < -0.3 is 5.32 Å². The van der Waals surface area contributed by atoms with Crippen molar-refractivity contribution in [2.75, 3.05) is 12.4 Å². The highest BCUT2D eigenvalue weighted by Gasteiger charge is 2.04. The van der Waals surface area contributed by atoms with Gasteiger partial charge in [-0.15, -0.1) is 0 Å². The quantitative estimate of drug-likeness (QED) is 0.875. The maximum Gasteiger partial charge on any atom is 0.131 e. The number of nitrogens with one attached hydrogen (secondary N) is 1. The summed E-state index contributed by atoms with van der Waals surface area (Å²) in [4.78, 5) is 8.96. The minimum Gasteiger partial charge on any atom is -0.373 e. The topological polar surface area (TPSA) is 37.8 Å². The molecule has 3 heteroatoms. The van der Waals surface area contributed by atoms with E-state index in [2.05, 4.69) is 53.4 Å². The number of anilines is 1. The number of hydrogen-bond donors (Lipinski definition) is 1. The highest BCUT2D eigenvalue weighted by Crippen LogP contribution is 2.20. The van der Waals surface area contributed by atoms with Crippen molar-refractivity contribution in [3.8, 4) is 11.3 Å². The van der Waals surface area contributed by atoms with Crippen LogP contribution >= 0.6 is 0 Å². The van der Waals surface area contributed by atoms with Gasteiger partial charge in [0.15, 0.2) is 0 Å². The molecule has 0 spiro atoms. The van der Waals surface area contributed by atoms with Crippen LogP contribution in [-0.4, -0.2) is 17.0 Å². The molecular weight excluding hydrogens is 210 g/mol. The molecule has 0 aliphatic carbocycles. The summed E-state index contributed by atoms with van der Waals surface area (Å²) in [7, 11) is 1.88. The average molecular weight is 227 g/mol. The third kappa shape index (κ3) is 2.61. The first-order valence-corrected chi connectivity index (χ1v) is 5.85. The van der Waals surface area contributed by atoms with E-state index in [0.717, 1.165) is 29.3 Å². The van der Waals surface area contributed by atoms with Crippen LogP contribution in [0.2, 0.25) is 0 Å². The van der Waals surface area contributed by atoms with Crippen LogP contribution in [0.5, 0.6) is 0 Å². The molecule has 0 bridgehead atoms. The van der Waals surface area contributed by atoms with Crippen LogP contribution < -0.4 is 5.32 Å². The fourth-order valence-electron chi connectivity index (χ4n) is 1.74. The molecule has 1 N–H and O–H groups in total. The summed E-state index contributed by atoms with van der Waals surface area (Å²) in [6.45, 7) is 4.15. The molecule has 3 nitrogen and oxygen atoms in total. The Morgan fingerprint density at radius 2 is 2.00 bits per heavy atom. The largest absolute Gasteiger partial charge is 0.373 e. The molecule has 0 amide bonds. The Hall–Kier alpha value is -1.90. The summed E-state index contributed by atoms with van der Waals surface area (Å²) >= 11 is 0. The molecule has 0 radical (unpaired) electrons. The SMILES string of the molecule is CCc1nc(NC)cc(-c2cccc(C)c2)n1.